The summed E-state index contributed by atoms with van der Waals surface area (Å²) in [4.78, 5) is 14.9. The number of carbonyl (C=O) groups is 1. The van der Waals surface area contributed by atoms with E-state index in [2.05, 4.69) is 31.3 Å². The summed E-state index contributed by atoms with van der Waals surface area (Å²) in [6, 6.07) is 4.53. The van der Waals surface area contributed by atoms with Gasteiger partial charge < -0.3 is 15.2 Å². The zero-order valence-corrected chi connectivity index (χ0v) is 18.6. The molecule has 4 nitrogen and oxygen atoms in total. The van der Waals surface area contributed by atoms with Gasteiger partial charge in [-0.05, 0) is 56.6 Å². The number of alkyl carbamates (subject to hydrolysis) is 1. The summed E-state index contributed by atoms with van der Waals surface area (Å²) >= 11 is 1.92. The van der Waals surface area contributed by atoms with Gasteiger partial charge >= 0.3 is 6.09 Å². The van der Waals surface area contributed by atoms with Crippen LogP contribution in [0.4, 0.5) is 4.79 Å². The molecular formula is C23H39NO3S. The number of aryl methyl sites for hydroxylation is 1. The summed E-state index contributed by atoms with van der Waals surface area (Å²) in [5.74, 6) is 0.423. The number of aliphatic hydroxyl groups excluding tert-OH is 1. The Morgan fingerprint density at radius 2 is 1.93 bits per heavy atom. The molecule has 5 heteroatoms. The first kappa shape index (κ1) is 23.2. The molecule has 1 aliphatic carbocycles. The number of hydrogen-bond acceptors (Lipinski definition) is 4. The monoisotopic (exact) mass is 409 g/mol. The molecule has 0 bridgehead atoms. The van der Waals surface area contributed by atoms with Crippen LogP contribution in [-0.2, 0) is 11.2 Å². The lowest BCUT2D eigenvalue weighted by Gasteiger charge is -2.28. The first-order chi connectivity index (χ1) is 13.6. The number of aliphatic hydroxyl groups is 1. The van der Waals surface area contributed by atoms with E-state index in [4.69, 9.17) is 4.74 Å². The van der Waals surface area contributed by atoms with Gasteiger partial charge in [-0.15, -0.1) is 11.3 Å². The smallest absolute Gasteiger partial charge is 0.407 e. The summed E-state index contributed by atoms with van der Waals surface area (Å²) < 4.78 is 5.24. The number of unbranched alkanes of at least 4 members (excludes halogenated alkanes) is 6. The van der Waals surface area contributed by atoms with Gasteiger partial charge in [0.05, 0.1) is 18.8 Å². The summed E-state index contributed by atoms with van der Waals surface area (Å²) in [6.07, 6.45) is 13.3. The number of ether oxygens (including phenoxy) is 1. The van der Waals surface area contributed by atoms with Crippen LogP contribution in [0, 0.1) is 0 Å². The van der Waals surface area contributed by atoms with E-state index in [9.17, 15) is 9.90 Å². The minimum atomic E-state index is -0.530. The van der Waals surface area contributed by atoms with Gasteiger partial charge in [0.1, 0.15) is 0 Å². The van der Waals surface area contributed by atoms with Crippen LogP contribution in [0.2, 0.25) is 0 Å². The predicted octanol–water partition coefficient (Wildman–Crippen LogP) is 6.18. The normalized spacial score (nSPS) is 21.8. The van der Waals surface area contributed by atoms with Crippen LogP contribution < -0.4 is 5.32 Å². The molecule has 0 aliphatic heterocycles. The molecule has 0 spiro atoms. The maximum atomic E-state index is 12.1. The second-order valence-corrected chi connectivity index (χ2v) is 9.51. The maximum absolute atomic E-state index is 12.1. The number of thiophene rings is 1. The van der Waals surface area contributed by atoms with Gasteiger partial charge in [-0.2, -0.15) is 0 Å². The van der Waals surface area contributed by atoms with E-state index in [0.29, 0.717) is 12.5 Å². The highest BCUT2D eigenvalue weighted by molar-refractivity contribution is 7.12. The first-order valence-electron chi connectivity index (χ1n) is 11.3. The van der Waals surface area contributed by atoms with Crippen molar-refractivity contribution >= 4 is 17.4 Å². The lowest BCUT2D eigenvalue weighted by molar-refractivity contribution is 0.111. The fraction of sp³-hybridized carbons (Fsp3) is 0.783. The average molecular weight is 410 g/mol. The van der Waals surface area contributed by atoms with Crippen molar-refractivity contribution in [3.05, 3.63) is 21.9 Å². The Bertz CT molecular complexity index is 574. The summed E-state index contributed by atoms with van der Waals surface area (Å²) in [7, 11) is 0. The SMILES string of the molecule is CCCCCCCCc1ccc([C@H]2CC[C@@](CO)(NC(=O)OCCCC)C2)s1. The Labute approximate surface area is 175 Å². The van der Waals surface area contributed by atoms with E-state index in [1.807, 2.05) is 11.3 Å². The van der Waals surface area contributed by atoms with E-state index >= 15 is 0 Å². The third kappa shape index (κ3) is 7.40. The third-order valence-corrected chi connectivity index (χ3v) is 7.18. The third-order valence-electron chi connectivity index (χ3n) is 5.87. The molecule has 1 saturated carbocycles. The van der Waals surface area contributed by atoms with Gasteiger partial charge in [-0.1, -0.05) is 52.4 Å². The average Bonchev–Trinajstić information content (AvgIpc) is 3.32. The van der Waals surface area contributed by atoms with Crippen LogP contribution in [0.1, 0.15) is 100 Å². The molecule has 2 N–H and O–H groups in total. The lowest BCUT2D eigenvalue weighted by Crippen LogP contribution is -2.49. The molecule has 160 valence electrons. The fourth-order valence-electron chi connectivity index (χ4n) is 4.06. The Kier molecular flexibility index (Phi) is 10.3. The maximum Gasteiger partial charge on any atom is 0.407 e. The molecule has 1 aliphatic rings. The molecule has 0 radical (unpaired) electrons. The van der Waals surface area contributed by atoms with Gasteiger partial charge in [0.2, 0.25) is 0 Å². The topological polar surface area (TPSA) is 58.6 Å². The predicted molar refractivity (Wildman–Crippen MR) is 117 cm³/mol. The minimum absolute atomic E-state index is 0.0254. The quantitative estimate of drug-likeness (QED) is 0.383. The zero-order valence-electron chi connectivity index (χ0n) is 17.8. The molecule has 28 heavy (non-hydrogen) atoms. The van der Waals surface area contributed by atoms with Gasteiger partial charge in [0.15, 0.2) is 0 Å². The van der Waals surface area contributed by atoms with E-state index in [1.165, 1.54) is 54.7 Å². The number of nitrogens with one attached hydrogen (secondary N) is 1. The van der Waals surface area contributed by atoms with Gasteiger partial charge in [-0.25, -0.2) is 4.79 Å². The molecule has 0 aromatic carbocycles. The molecule has 1 aromatic rings. The van der Waals surface area contributed by atoms with Crippen molar-refractivity contribution in [1.82, 2.24) is 5.32 Å². The zero-order chi connectivity index (χ0) is 20.2. The van der Waals surface area contributed by atoms with Crippen molar-refractivity contribution in [3.63, 3.8) is 0 Å². The molecule has 0 saturated heterocycles. The molecule has 2 rings (SSSR count). The van der Waals surface area contributed by atoms with Crippen molar-refractivity contribution in [2.45, 2.75) is 102 Å². The van der Waals surface area contributed by atoms with E-state index < -0.39 is 11.6 Å². The van der Waals surface area contributed by atoms with E-state index in [1.54, 1.807) is 0 Å². The second kappa shape index (κ2) is 12.5. The molecule has 1 amide bonds. The highest BCUT2D eigenvalue weighted by atomic mass is 32.1. The molecule has 0 unspecified atom stereocenters. The van der Waals surface area contributed by atoms with E-state index in [0.717, 1.165) is 32.1 Å². The van der Waals surface area contributed by atoms with Crippen molar-refractivity contribution < 1.29 is 14.6 Å². The van der Waals surface area contributed by atoms with E-state index in [-0.39, 0.29) is 6.61 Å². The highest BCUT2D eigenvalue weighted by Crippen LogP contribution is 2.43. The van der Waals surface area contributed by atoms with Crippen molar-refractivity contribution in [2.24, 2.45) is 0 Å². The van der Waals surface area contributed by atoms with Gasteiger partial charge in [-0.3, -0.25) is 0 Å². The lowest BCUT2D eigenvalue weighted by atomic mass is 9.96. The molecule has 2 atom stereocenters. The van der Waals surface area contributed by atoms with Gasteiger partial charge in [0.25, 0.3) is 0 Å². The Balaban J connectivity index is 1.78. The number of amides is 1. The summed E-state index contributed by atoms with van der Waals surface area (Å²) in [5.41, 5.74) is -0.530. The van der Waals surface area contributed by atoms with Crippen LogP contribution >= 0.6 is 11.3 Å². The summed E-state index contributed by atoms with van der Waals surface area (Å²) in [5, 5.41) is 12.9. The largest absolute Gasteiger partial charge is 0.450 e. The Morgan fingerprint density at radius 1 is 1.18 bits per heavy atom. The number of hydrogen-bond donors (Lipinski definition) is 2. The van der Waals surface area contributed by atoms with Crippen LogP contribution in [-0.4, -0.2) is 30.0 Å². The Hall–Kier alpha value is -1.07. The molecule has 1 fully saturated rings. The Morgan fingerprint density at radius 3 is 2.68 bits per heavy atom. The first-order valence-corrected chi connectivity index (χ1v) is 12.1. The van der Waals surface area contributed by atoms with Crippen LogP contribution in [0.15, 0.2) is 12.1 Å². The standard InChI is InChI=1S/C23H39NO3S/c1-3-5-7-8-9-10-11-20-12-13-21(28-20)19-14-15-23(17-19,18-25)24-22(26)27-16-6-4-2/h12-13,19,25H,3-11,14-18H2,1-2H3,(H,24,26)/t19-,23+/m0/s1. The summed E-state index contributed by atoms with van der Waals surface area (Å²) in [6.45, 7) is 4.74. The van der Waals surface area contributed by atoms with Crippen molar-refractivity contribution in [1.29, 1.82) is 0 Å². The fourth-order valence-corrected chi connectivity index (χ4v) is 5.24. The second-order valence-electron chi connectivity index (χ2n) is 8.31. The highest BCUT2D eigenvalue weighted by Gasteiger charge is 2.41. The molecule has 1 heterocycles. The molecule has 1 aromatic heterocycles. The van der Waals surface area contributed by atoms with Crippen molar-refractivity contribution in [3.8, 4) is 0 Å². The number of rotatable bonds is 13. The molecular weight excluding hydrogens is 370 g/mol. The van der Waals surface area contributed by atoms with Crippen LogP contribution in [0.3, 0.4) is 0 Å². The van der Waals surface area contributed by atoms with Crippen LogP contribution in [0.5, 0.6) is 0 Å². The van der Waals surface area contributed by atoms with Crippen molar-refractivity contribution in [2.75, 3.05) is 13.2 Å². The number of carbonyl (C=O) groups excluding carboxylic acids is 1. The van der Waals surface area contributed by atoms with Gasteiger partial charge in [0, 0.05) is 9.75 Å². The minimum Gasteiger partial charge on any atom is -0.450 e. The van der Waals surface area contributed by atoms with Crippen LogP contribution in [0.25, 0.3) is 0 Å².